The van der Waals surface area contributed by atoms with Crippen molar-refractivity contribution in [1.29, 1.82) is 0 Å². The maximum absolute atomic E-state index is 12.8. The summed E-state index contributed by atoms with van der Waals surface area (Å²) in [5.74, 6) is -1.97. The van der Waals surface area contributed by atoms with Crippen molar-refractivity contribution >= 4 is 52.6 Å². The molecule has 2 atom stereocenters. The third kappa shape index (κ3) is 10.2. The Morgan fingerprint density at radius 2 is 1.55 bits per heavy atom. The van der Waals surface area contributed by atoms with Crippen LogP contribution in [0, 0.1) is 6.92 Å². The lowest BCUT2D eigenvalue weighted by Gasteiger charge is -2.25. The summed E-state index contributed by atoms with van der Waals surface area (Å²) in [5.41, 5.74) is 2.22. The van der Waals surface area contributed by atoms with Crippen LogP contribution in [0.4, 0.5) is 5.69 Å². The third-order valence-corrected chi connectivity index (χ3v) is 6.12. The number of aryl methyl sites for hydroxylation is 1. The van der Waals surface area contributed by atoms with Gasteiger partial charge in [0.15, 0.2) is 0 Å². The van der Waals surface area contributed by atoms with Gasteiger partial charge in [0.1, 0.15) is 23.6 Å². The summed E-state index contributed by atoms with van der Waals surface area (Å²) in [6.07, 6.45) is -0.760. The van der Waals surface area contributed by atoms with Crippen LogP contribution in [-0.2, 0) is 19.1 Å². The molecular weight excluding hydrogens is 565 g/mol. The lowest BCUT2D eigenvalue weighted by Crippen LogP contribution is -2.53. The number of amides is 2. The van der Waals surface area contributed by atoms with Crippen molar-refractivity contribution in [3.05, 3.63) is 53.6 Å². The summed E-state index contributed by atoms with van der Waals surface area (Å²) in [4.78, 5) is 49.7. The van der Waals surface area contributed by atoms with Gasteiger partial charge in [0.2, 0.25) is 5.91 Å². The molecule has 0 aliphatic carbocycles. The summed E-state index contributed by atoms with van der Waals surface area (Å²) in [7, 11) is 1.32. The Balaban J connectivity index is 2.05. The molecule has 0 spiro atoms. The minimum atomic E-state index is -1.43. The second kappa shape index (κ2) is 16.5. The molecule has 2 rings (SSSR count). The number of nitrogens with zero attached hydrogens (tertiary/aromatic N) is 1. The summed E-state index contributed by atoms with van der Waals surface area (Å²) < 4.78 is 10.9. The molecule has 11 nitrogen and oxygen atoms in total. The minimum absolute atomic E-state index is 0.228. The van der Waals surface area contributed by atoms with Gasteiger partial charge >= 0.3 is 11.9 Å². The van der Waals surface area contributed by atoms with Crippen molar-refractivity contribution in [3.8, 4) is 11.5 Å². The van der Waals surface area contributed by atoms with E-state index in [1.54, 1.807) is 12.1 Å². The number of aliphatic carboxylic acids is 2. The Labute approximate surface area is 242 Å². The monoisotopic (exact) mass is 597 g/mol. The van der Waals surface area contributed by atoms with Crippen molar-refractivity contribution in [2.75, 3.05) is 43.5 Å². The molecule has 0 aromatic heterocycles. The molecule has 2 aromatic rings. The van der Waals surface area contributed by atoms with Gasteiger partial charge in [0.05, 0.1) is 6.61 Å². The number of anilines is 1. The van der Waals surface area contributed by atoms with E-state index in [0.29, 0.717) is 36.3 Å². The Kier molecular flexibility index (Phi) is 13.5. The fourth-order valence-electron chi connectivity index (χ4n) is 3.80. The van der Waals surface area contributed by atoms with E-state index in [9.17, 15) is 24.3 Å². The molecule has 0 aliphatic heterocycles. The number of hydrogen-bond acceptors (Lipinski definition) is 7. The molecule has 0 radical (unpaired) electrons. The summed E-state index contributed by atoms with van der Waals surface area (Å²) in [6, 6.07) is 9.24. The topological polar surface area (TPSA) is 154 Å². The van der Waals surface area contributed by atoms with E-state index in [1.165, 1.54) is 19.2 Å². The molecule has 0 saturated heterocycles. The van der Waals surface area contributed by atoms with Crippen LogP contribution in [-0.4, -0.2) is 84.6 Å². The van der Waals surface area contributed by atoms with Crippen LogP contribution in [0.3, 0.4) is 0 Å². The van der Waals surface area contributed by atoms with Gasteiger partial charge in [0, 0.05) is 49.6 Å². The molecule has 4 N–H and O–H groups in total. The maximum Gasteiger partial charge on any atom is 0.326 e. The Bertz CT molecular complexity index is 1160. The number of benzene rings is 2. The first-order valence-corrected chi connectivity index (χ1v) is 13.5. The number of carboxylic acids is 2. The Morgan fingerprint density at radius 3 is 2.08 bits per heavy atom. The number of carbonyl (C=O) groups excluding carboxylic acids is 2. The number of hydrogen-bond donors (Lipinski definition) is 4. The quantitative estimate of drug-likeness (QED) is 0.201. The number of alkyl halides is 2. The number of nitrogens with one attached hydrogen (secondary N) is 2. The number of carbonyl (C=O) groups is 4. The highest BCUT2D eigenvalue weighted by atomic mass is 35.5. The SMILES string of the molecule is COC[C@H](NC(=O)c1ccc(Oc2ccc(N(CCCl)CCCl)c(C)c2)cc1)C(=O)N[C@@H](CCC(=O)O)C(=O)O. The van der Waals surface area contributed by atoms with Crippen LogP contribution >= 0.6 is 23.2 Å². The highest BCUT2D eigenvalue weighted by Gasteiger charge is 2.27. The molecule has 2 aromatic carbocycles. The molecule has 0 heterocycles. The number of halogens is 2. The van der Waals surface area contributed by atoms with Crippen molar-refractivity contribution < 1.29 is 38.9 Å². The molecule has 0 fully saturated rings. The van der Waals surface area contributed by atoms with Gasteiger partial charge < -0.3 is 35.2 Å². The first-order chi connectivity index (χ1) is 19.1. The van der Waals surface area contributed by atoms with Gasteiger partial charge in [-0.05, 0) is 61.4 Å². The molecule has 0 bridgehead atoms. The molecule has 40 heavy (non-hydrogen) atoms. The Hall–Kier alpha value is -3.54. The summed E-state index contributed by atoms with van der Waals surface area (Å²) in [6.45, 7) is 3.06. The van der Waals surface area contributed by atoms with Crippen LogP contribution in [0.5, 0.6) is 11.5 Å². The fourth-order valence-corrected chi connectivity index (χ4v) is 4.21. The Morgan fingerprint density at radius 1 is 0.925 bits per heavy atom. The van der Waals surface area contributed by atoms with Crippen LogP contribution in [0.2, 0.25) is 0 Å². The molecule has 0 saturated carbocycles. The molecular formula is C27H33Cl2N3O8. The molecule has 2 amide bonds. The zero-order chi connectivity index (χ0) is 29.7. The predicted octanol–water partition coefficient (Wildman–Crippen LogP) is 3.25. The van der Waals surface area contributed by atoms with Gasteiger partial charge in [-0.25, -0.2) is 4.79 Å². The first-order valence-electron chi connectivity index (χ1n) is 12.4. The van der Waals surface area contributed by atoms with E-state index < -0.39 is 42.3 Å². The predicted molar refractivity (Wildman–Crippen MR) is 151 cm³/mol. The standard InChI is InChI=1S/C27H33Cl2N3O8/c1-17-15-20(7-9-23(17)32(13-11-28)14-12-29)40-19-5-3-18(4-6-19)25(35)31-22(16-39-2)26(36)30-21(27(37)38)8-10-24(33)34/h3-7,9,15,21-22H,8,10-14,16H2,1-2H3,(H,30,36)(H,31,35)(H,33,34)(H,37,38)/t21-,22-/m0/s1. The molecule has 13 heteroatoms. The van der Waals surface area contributed by atoms with Crippen LogP contribution in [0.1, 0.15) is 28.8 Å². The highest BCUT2D eigenvalue weighted by molar-refractivity contribution is 6.18. The van der Waals surface area contributed by atoms with E-state index in [-0.39, 0.29) is 18.6 Å². The lowest BCUT2D eigenvalue weighted by atomic mass is 10.1. The van der Waals surface area contributed by atoms with E-state index >= 15 is 0 Å². The highest BCUT2D eigenvalue weighted by Crippen LogP contribution is 2.28. The van der Waals surface area contributed by atoms with Gasteiger partial charge in [-0.15, -0.1) is 23.2 Å². The van der Waals surface area contributed by atoms with Crippen molar-refractivity contribution in [1.82, 2.24) is 10.6 Å². The smallest absolute Gasteiger partial charge is 0.326 e. The largest absolute Gasteiger partial charge is 0.481 e. The van der Waals surface area contributed by atoms with Gasteiger partial charge in [-0.2, -0.15) is 0 Å². The first kappa shape index (κ1) is 32.7. The summed E-state index contributed by atoms with van der Waals surface area (Å²) >= 11 is 11.8. The van der Waals surface area contributed by atoms with E-state index in [1.807, 2.05) is 25.1 Å². The van der Waals surface area contributed by atoms with Gasteiger partial charge in [0.25, 0.3) is 5.91 Å². The molecule has 0 unspecified atom stereocenters. The van der Waals surface area contributed by atoms with E-state index in [2.05, 4.69) is 15.5 Å². The number of methoxy groups -OCH3 is 1. The third-order valence-electron chi connectivity index (χ3n) is 5.79. The molecule has 0 aliphatic rings. The lowest BCUT2D eigenvalue weighted by molar-refractivity contribution is -0.143. The normalized spacial score (nSPS) is 12.2. The van der Waals surface area contributed by atoms with Crippen LogP contribution in [0.25, 0.3) is 0 Å². The number of rotatable bonds is 17. The average molecular weight is 598 g/mol. The van der Waals surface area contributed by atoms with E-state index in [0.717, 1.165) is 11.3 Å². The van der Waals surface area contributed by atoms with E-state index in [4.69, 9.17) is 37.8 Å². The number of ether oxygens (including phenoxy) is 2. The zero-order valence-electron chi connectivity index (χ0n) is 22.2. The number of carboxylic acid groups (broad SMARTS) is 2. The zero-order valence-corrected chi connectivity index (χ0v) is 23.7. The van der Waals surface area contributed by atoms with Crippen LogP contribution in [0.15, 0.2) is 42.5 Å². The minimum Gasteiger partial charge on any atom is -0.481 e. The second-order valence-electron chi connectivity index (χ2n) is 8.75. The molecule has 218 valence electrons. The average Bonchev–Trinajstić information content (AvgIpc) is 2.90. The summed E-state index contributed by atoms with van der Waals surface area (Å²) in [5, 5.41) is 22.8. The van der Waals surface area contributed by atoms with Gasteiger partial charge in [-0.1, -0.05) is 0 Å². The second-order valence-corrected chi connectivity index (χ2v) is 9.51. The fraction of sp³-hybridized carbons (Fsp3) is 0.407. The van der Waals surface area contributed by atoms with Crippen molar-refractivity contribution in [2.45, 2.75) is 31.8 Å². The van der Waals surface area contributed by atoms with Crippen LogP contribution < -0.4 is 20.3 Å². The van der Waals surface area contributed by atoms with Crippen molar-refractivity contribution in [3.63, 3.8) is 0 Å². The maximum atomic E-state index is 12.8. The van der Waals surface area contributed by atoms with Crippen molar-refractivity contribution in [2.24, 2.45) is 0 Å². The van der Waals surface area contributed by atoms with Gasteiger partial charge in [-0.3, -0.25) is 14.4 Å².